The first-order chi connectivity index (χ1) is 20.2. The van der Waals surface area contributed by atoms with Gasteiger partial charge >= 0.3 is 0 Å². The van der Waals surface area contributed by atoms with Crippen molar-refractivity contribution in [1.82, 2.24) is 19.9 Å². The normalized spacial score (nSPS) is 10.1. The molecule has 0 aliphatic heterocycles. The number of ketones is 1. The molecule has 42 heavy (non-hydrogen) atoms. The number of rotatable bonds is 8. The van der Waals surface area contributed by atoms with Gasteiger partial charge in [0.05, 0.1) is 52.5 Å². The third-order valence-corrected chi connectivity index (χ3v) is 5.04. The monoisotopic (exact) mass is 580 g/mol. The van der Waals surface area contributed by atoms with Crippen molar-refractivity contribution in [2.75, 3.05) is 28.4 Å². The lowest BCUT2D eigenvalue weighted by atomic mass is 10.2. The Morgan fingerprint density at radius 2 is 1.24 bits per heavy atom. The Morgan fingerprint density at radius 3 is 1.74 bits per heavy atom. The molecule has 0 aliphatic rings. The number of methoxy groups -OCH3 is 4. The highest BCUT2D eigenvalue weighted by molar-refractivity contribution is 5.92. The maximum Gasteiger partial charge on any atom is 0.178 e. The van der Waals surface area contributed by atoms with Crippen molar-refractivity contribution in [3.63, 3.8) is 0 Å². The Labute approximate surface area is 245 Å². The summed E-state index contributed by atoms with van der Waals surface area (Å²) < 4.78 is 19.6. The van der Waals surface area contributed by atoms with Gasteiger partial charge in [-0.2, -0.15) is 0 Å². The molecule has 1 unspecified atom stereocenters. The van der Waals surface area contributed by atoms with Gasteiger partial charge in [-0.05, 0) is 31.2 Å². The first kappa shape index (κ1) is 35.1. The zero-order chi connectivity index (χ0) is 31.3. The van der Waals surface area contributed by atoms with Crippen molar-refractivity contribution >= 4 is 12.1 Å². The van der Waals surface area contributed by atoms with E-state index in [4.69, 9.17) is 29.2 Å². The number of aliphatic hydroxyl groups excluding tert-OH is 2. The third-order valence-electron chi connectivity index (χ3n) is 5.04. The maximum absolute atomic E-state index is 10.8. The molecule has 0 aromatic carbocycles. The molecule has 0 amide bonds. The van der Waals surface area contributed by atoms with Crippen LogP contribution in [0.25, 0.3) is 0 Å². The van der Waals surface area contributed by atoms with E-state index in [1.54, 1.807) is 102 Å². The minimum Gasteiger partial charge on any atom is -0.497 e. The van der Waals surface area contributed by atoms with Gasteiger partial charge in [-0.25, -0.2) is 0 Å². The molecule has 0 saturated carbocycles. The van der Waals surface area contributed by atoms with E-state index in [2.05, 4.69) is 19.9 Å². The lowest BCUT2D eigenvalue weighted by Crippen LogP contribution is -1.96. The van der Waals surface area contributed by atoms with Crippen LogP contribution in [0.4, 0.5) is 0 Å². The van der Waals surface area contributed by atoms with Gasteiger partial charge in [0.1, 0.15) is 34.4 Å². The number of pyridine rings is 4. The Kier molecular flexibility index (Phi) is 16.7. The largest absolute Gasteiger partial charge is 0.497 e. The maximum atomic E-state index is 10.8. The number of nitrogens with zero attached hydrogens (tertiary/aromatic N) is 4. The van der Waals surface area contributed by atoms with Crippen molar-refractivity contribution in [3.05, 3.63) is 96.1 Å². The zero-order valence-electron chi connectivity index (χ0n) is 24.4. The van der Waals surface area contributed by atoms with Crippen LogP contribution < -0.4 is 18.9 Å². The molecule has 4 heterocycles. The number of aldehydes is 1. The van der Waals surface area contributed by atoms with E-state index in [1.807, 2.05) is 0 Å². The molecule has 4 aromatic heterocycles. The van der Waals surface area contributed by atoms with Gasteiger partial charge in [0.15, 0.2) is 12.1 Å². The van der Waals surface area contributed by atoms with Crippen LogP contribution in [0.1, 0.15) is 52.3 Å². The summed E-state index contributed by atoms with van der Waals surface area (Å²) >= 11 is 0. The highest BCUT2D eigenvalue weighted by Gasteiger charge is 2.02. The average molecular weight is 581 g/mol. The zero-order valence-corrected chi connectivity index (χ0v) is 24.4. The first-order valence-electron chi connectivity index (χ1n) is 12.4. The van der Waals surface area contributed by atoms with Crippen LogP contribution in [0, 0.1) is 0 Å². The molecule has 12 nitrogen and oxygen atoms in total. The summed E-state index contributed by atoms with van der Waals surface area (Å²) in [6, 6.07) is 13.5. The minimum atomic E-state index is -0.537. The van der Waals surface area contributed by atoms with Crippen molar-refractivity contribution in [2.45, 2.75) is 26.6 Å². The van der Waals surface area contributed by atoms with Crippen molar-refractivity contribution in [1.29, 1.82) is 0 Å². The molecular weight excluding hydrogens is 544 g/mol. The molecule has 12 heteroatoms. The standard InChI is InChI=1S/C8H11NO2.C8H9NO2.C7H9NO2.C7H7NO2/c2*1-6(10)8-5-7(11-2)3-4-9-8;2*1-10-7-2-3-8-6(4-7)5-9/h3-6,10H,1-2H3;3-5H,1-2H3;2-4,9H,5H2,1H3;2-5H,1H3. The number of carbonyl (C=O) groups is 2. The van der Waals surface area contributed by atoms with Crippen molar-refractivity contribution in [2.24, 2.45) is 0 Å². The number of hydrogen-bond acceptors (Lipinski definition) is 12. The minimum absolute atomic E-state index is 0.0444. The Morgan fingerprint density at radius 1 is 0.762 bits per heavy atom. The van der Waals surface area contributed by atoms with Crippen molar-refractivity contribution < 1.29 is 38.7 Å². The van der Waals surface area contributed by atoms with Crippen LogP contribution in [0.5, 0.6) is 23.0 Å². The molecule has 0 saturated heterocycles. The summed E-state index contributed by atoms with van der Waals surface area (Å²) in [6.45, 7) is 3.10. The molecular formula is C30H36N4O8. The van der Waals surface area contributed by atoms with E-state index in [-0.39, 0.29) is 12.4 Å². The van der Waals surface area contributed by atoms with E-state index < -0.39 is 6.10 Å². The van der Waals surface area contributed by atoms with Crippen LogP contribution in [0.15, 0.2) is 73.3 Å². The summed E-state index contributed by atoms with van der Waals surface area (Å²) in [7, 11) is 6.26. The number of Topliss-reactive ketones (excluding diaryl/α,β-unsaturated/α-hetero) is 1. The second-order valence-corrected chi connectivity index (χ2v) is 8.02. The van der Waals surface area contributed by atoms with Crippen LogP contribution in [0.2, 0.25) is 0 Å². The number of aromatic nitrogens is 4. The molecule has 0 radical (unpaired) electrons. The van der Waals surface area contributed by atoms with Gasteiger partial charge in [0, 0.05) is 56.0 Å². The Bertz CT molecular complexity index is 1350. The molecule has 0 fully saturated rings. The van der Waals surface area contributed by atoms with Gasteiger partial charge in [0.25, 0.3) is 0 Å². The number of carbonyl (C=O) groups excluding carboxylic acids is 2. The lowest BCUT2D eigenvalue weighted by Gasteiger charge is -2.04. The highest BCUT2D eigenvalue weighted by atomic mass is 16.5. The summed E-state index contributed by atoms with van der Waals surface area (Å²) in [6.07, 6.45) is 6.44. The first-order valence-corrected chi connectivity index (χ1v) is 12.4. The SMILES string of the molecule is COc1ccnc(C(C)=O)c1.COc1ccnc(C(C)O)c1.COc1ccnc(C=O)c1.COc1ccnc(CO)c1. The Balaban J connectivity index is 0.000000280. The second-order valence-electron chi connectivity index (χ2n) is 8.02. The Hall–Kier alpha value is -4.94. The van der Waals surface area contributed by atoms with E-state index in [1.165, 1.54) is 13.1 Å². The number of ether oxygens (including phenoxy) is 4. The quantitative estimate of drug-likeness (QED) is 0.228. The highest BCUT2D eigenvalue weighted by Crippen LogP contribution is 2.15. The van der Waals surface area contributed by atoms with Crippen molar-refractivity contribution in [3.8, 4) is 23.0 Å². The fourth-order valence-electron chi connectivity index (χ4n) is 2.80. The predicted octanol–water partition coefficient (Wildman–Crippen LogP) is 3.92. The summed E-state index contributed by atoms with van der Waals surface area (Å²) in [5.74, 6) is 2.70. The smallest absolute Gasteiger partial charge is 0.178 e. The van der Waals surface area contributed by atoms with E-state index in [0.717, 1.165) is 11.5 Å². The second kappa shape index (κ2) is 20.0. The van der Waals surface area contributed by atoms with Crippen LogP contribution in [0.3, 0.4) is 0 Å². The molecule has 1 atom stereocenters. The van der Waals surface area contributed by atoms with Gasteiger partial charge in [-0.1, -0.05) is 0 Å². The number of aliphatic hydroxyl groups is 2. The summed E-state index contributed by atoms with van der Waals surface area (Å²) in [5.41, 5.74) is 2.08. The average Bonchev–Trinajstić information content (AvgIpc) is 3.05. The number of hydrogen-bond donors (Lipinski definition) is 2. The molecule has 224 valence electrons. The van der Waals surface area contributed by atoms with Crippen LogP contribution >= 0.6 is 0 Å². The third kappa shape index (κ3) is 13.4. The molecule has 4 aromatic rings. The van der Waals surface area contributed by atoms with E-state index in [9.17, 15) is 9.59 Å². The summed E-state index contributed by atoms with van der Waals surface area (Å²) in [4.78, 5) is 36.4. The molecule has 2 N–H and O–H groups in total. The van der Waals surface area contributed by atoms with Gasteiger partial charge in [-0.3, -0.25) is 29.5 Å². The lowest BCUT2D eigenvalue weighted by molar-refractivity contribution is 0.101. The van der Waals surface area contributed by atoms with Gasteiger partial charge in [-0.15, -0.1) is 0 Å². The fourth-order valence-corrected chi connectivity index (χ4v) is 2.80. The molecule has 0 aliphatic carbocycles. The topological polar surface area (TPSA) is 163 Å². The van der Waals surface area contributed by atoms with Crippen LogP contribution in [-0.2, 0) is 6.61 Å². The molecule has 0 bridgehead atoms. The van der Waals surface area contributed by atoms with Gasteiger partial charge < -0.3 is 29.2 Å². The van der Waals surface area contributed by atoms with Crippen LogP contribution in [-0.4, -0.2) is 70.7 Å². The van der Waals surface area contributed by atoms with Gasteiger partial charge in [0.2, 0.25) is 0 Å². The molecule has 0 spiro atoms. The molecule has 4 rings (SSSR count). The van der Waals surface area contributed by atoms with E-state index >= 15 is 0 Å². The fraction of sp³-hybridized carbons (Fsp3) is 0.267. The predicted molar refractivity (Wildman–Crippen MR) is 155 cm³/mol. The summed E-state index contributed by atoms with van der Waals surface area (Å²) in [5, 5.41) is 17.8. The van der Waals surface area contributed by atoms with E-state index in [0.29, 0.717) is 40.6 Å².